The summed E-state index contributed by atoms with van der Waals surface area (Å²) in [5, 5.41) is 0. The number of nitrogens with one attached hydrogen (secondary N) is 1. The molecule has 2 aromatic rings. The molecule has 0 bridgehead atoms. The summed E-state index contributed by atoms with van der Waals surface area (Å²) in [5.74, 6) is 0.633. The van der Waals surface area contributed by atoms with Gasteiger partial charge >= 0.3 is 0 Å². The second-order valence-electron chi connectivity index (χ2n) is 7.23. The van der Waals surface area contributed by atoms with Crippen molar-refractivity contribution in [2.24, 2.45) is 0 Å². The van der Waals surface area contributed by atoms with Crippen molar-refractivity contribution in [1.29, 1.82) is 0 Å². The summed E-state index contributed by atoms with van der Waals surface area (Å²) in [7, 11) is -3.74. The summed E-state index contributed by atoms with van der Waals surface area (Å²) in [6.45, 7) is 8.50. The van der Waals surface area contributed by atoms with Crippen LogP contribution in [0, 0.1) is 0 Å². The number of sulfonamides is 1. The number of hydrogen-bond donors (Lipinski definition) is 1. The Morgan fingerprint density at radius 3 is 2.44 bits per heavy atom. The van der Waals surface area contributed by atoms with Crippen molar-refractivity contribution in [2.45, 2.75) is 38.0 Å². The lowest BCUT2D eigenvalue weighted by Gasteiger charge is -2.19. The van der Waals surface area contributed by atoms with Crippen LogP contribution >= 0.6 is 0 Å². The highest BCUT2D eigenvalue weighted by Gasteiger charge is 2.37. The first-order chi connectivity index (χ1) is 12.6. The summed E-state index contributed by atoms with van der Waals surface area (Å²) in [4.78, 5) is 13.7. The molecule has 1 heterocycles. The first-order valence-corrected chi connectivity index (χ1v) is 10.3. The van der Waals surface area contributed by atoms with E-state index in [9.17, 15) is 13.2 Å². The number of carbonyl (C=O) groups excluding carboxylic acids is 1. The molecule has 144 valence electrons. The van der Waals surface area contributed by atoms with Crippen molar-refractivity contribution < 1.29 is 17.9 Å². The fourth-order valence-corrected chi connectivity index (χ4v) is 4.39. The average Bonchev–Trinajstić information content (AvgIpc) is 2.88. The Labute approximate surface area is 160 Å². The molecule has 1 aliphatic rings. The van der Waals surface area contributed by atoms with E-state index < -0.39 is 10.0 Å². The number of nitrogens with zero attached hydrogens (tertiary/aromatic N) is 1. The summed E-state index contributed by atoms with van der Waals surface area (Å²) in [6, 6.07) is 11.7. The van der Waals surface area contributed by atoms with Crippen LogP contribution in [0.15, 0.2) is 47.4 Å². The van der Waals surface area contributed by atoms with Crippen molar-refractivity contribution in [3.05, 3.63) is 48.0 Å². The quantitative estimate of drug-likeness (QED) is 0.850. The van der Waals surface area contributed by atoms with Crippen LogP contribution in [-0.4, -0.2) is 27.5 Å². The van der Waals surface area contributed by atoms with E-state index in [0.29, 0.717) is 24.6 Å². The molecule has 0 radical (unpaired) electrons. The molecule has 2 aromatic carbocycles. The molecule has 1 amide bonds. The van der Waals surface area contributed by atoms with Crippen molar-refractivity contribution >= 4 is 27.3 Å². The fraction of sp³-hybridized carbons (Fsp3) is 0.350. The molecule has 0 saturated carbocycles. The molecule has 6 nitrogen and oxygen atoms in total. The second kappa shape index (κ2) is 6.88. The third-order valence-corrected chi connectivity index (χ3v) is 6.03. The van der Waals surface area contributed by atoms with Crippen LogP contribution in [0.5, 0.6) is 5.75 Å². The van der Waals surface area contributed by atoms with Gasteiger partial charge in [0.2, 0.25) is 5.91 Å². The Bertz CT molecular complexity index is 966. The smallest absolute Gasteiger partial charge is 0.261 e. The van der Waals surface area contributed by atoms with Crippen LogP contribution in [-0.2, 0) is 20.2 Å². The van der Waals surface area contributed by atoms with Gasteiger partial charge in [0, 0.05) is 30.3 Å². The molecule has 3 rings (SSSR count). The van der Waals surface area contributed by atoms with Gasteiger partial charge in [-0.3, -0.25) is 9.52 Å². The van der Waals surface area contributed by atoms with E-state index >= 15 is 0 Å². The molecule has 0 atom stereocenters. The number of rotatable bonds is 5. The van der Waals surface area contributed by atoms with E-state index in [4.69, 9.17) is 4.74 Å². The van der Waals surface area contributed by atoms with Gasteiger partial charge in [-0.05, 0) is 55.0 Å². The van der Waals surface area contributed by atoms with Crippen molar-refractivity contribution in [1.82, 2.24) is 0 Å². The van der Waals surface area contributed by atoms with E-state index in [1.165, 1.54) is 13.0 Å². The van der Waals surface area contributed by atoms with E-state index in [1.54, 1.807) is 41.3 Å². The van der Waals surface area contributed by atoms with Gasteiger partial charge in [-0.25, -0.2) is 8.42 Å². The Morgan fingerprint density at radius 2 is 1.85 bits per heavy atom. The number of anilines is 2. The predicted molar refractivity (Wildman–Crippen MR) is 106 cm³/mol. The van der Waals surface area contributed by atoms with Crippen LogP contribution in [0.2, 0.25) is 0 Å². The van der Waals surface area contributed by atoms with E-state index in [-0.39, 0.29) is 16.2 Å². The second-order valence-corrected chi connectivity index (χ2v) is 8.91. The van der Waals surface area contributed by atoms with Crippen molar-refractivity contribution in [3.8, 4) is 5.75 Å². The van der Waals surface area contributed by atoms with Crippen LogP contribution < -0.4 is 14.4 Å². The van der Waals surface area contributed by atoms with Crippen LogP contribution in [0.25, 0.3) is 0 Å². The van der Waals surface area contributed by atoms with Gasteiger partial charge in [0.05, 0.1) is 11.5 Å². The van der Waals surface area contributed by atoms with E-state index in [0.717, 1.165) is 11.3 Å². The zero-order valence-electron chi connectivity index (χ0n) is 15.9. The molecule has 0 unspecified atom stereocenters. The minimum Gasteiger partial charge on any atom is -0.494 e. The maximum atomic E-state index is 12.8. The molecule has 0 aliphatic carbocycles. The molecular weight excluding hydrogens is 364 g/mol. The lowest BCUT2D eigenvalue weighted by Crippen LogP contribution is -2.31. The summed E-state index contributed by atoms with van der Waals surface area (Å²) >= 11 is 0. The fourth-order valence-electron chi connectivity index (χ4n) is 3.31. The number of ether oxygens (including phenoxy) is 1. The molecule has 7 heteroatoms. The topological polar surface area (TPSA) is 75.7 Å². The van der Waals surface area contributed by atoms with E-state index in [2.05, 4.69) is 4.72 Å². The van der Waals surface area contributed by atoms with Gasteiger partial charge in [-0.15, -0.1) is 0 Å². The van der Waals surface area contributed by atoms with Gasteiger partial charge in [0.25, 0.3) is 10.0 Å². The normalized spacial score (nSPS) is 15.3. The third-order valence-electron chi connectivity index (χ3n) is 4.65. The third kappa shape index (κ3) is 3.78. The number of carbonyl (C=O) groups is 1. The highest BCUT2D eigenvalue weighted by atomic mass is 32.2. The molecule has 0 aromatic heterocycles. The SMILES string of the molecule is CCOc1ccc(NS(=O)(=O)c2ccc3c(c2)C(C)(C)CN3C(C)=O)cc1. The summed E-state index contributed by atoms with van der Waals surface area (Å²) in [6.07, 6.45) is 0. The largest absolute Gasteiger partial charge is 0.494 e. The number of amides is 1. The molecule has 1 aliphatic heterocycles. The zero-order valence-corrected chi connectivity index (χ0v) is 16.8. The molecule has 0 saturated heterocycles. The molecule has 1 N–H and O–H groups in total. The summed E-state index contributed by atoms with van der Waals surface area (Å²) in [5.41, 5.74) is 1.77. The van der Waals surface area contributed by atoms with Gasteiger partial charge in [0.1, 0.15) is 5.75 Å². The number of fused-ring (bicyclic) bond motifs is 1. The molecule has 0 spiro atoms. The van der Waals surface area contributed by atoms with Crippen molar-refractivity contribution in [2.75, 3.05) is 22.8 Å². The highest BCUT2D eigenvalue weighted by molar-refractivity contribution is 7.92. The van der Waals surface area contributed by atoms with Crippen molar-refractivity contribution in [3.63, 3.8) is 0 Å². The van der Waals surface area contributed by atoms with Crippen LogP contribution in [0.1, 0.15) is 33.3 Å². The van der Waals surface area contributed by atoms with Gasteiger partial charge in [-0.1, -0.05) is 13.8 Å². The predicted octanol–water partition coefficient (Wildman–Crippen LogP) is 3.53. The number of hydrogen-bond acceptors (Lipinski definition) is 4. The zero-order chi connectivity index (χ0) is 19.8. The first-order valence-electron chi connectivity index (χ1n) is 8.82. The first kappa shape index (κ1) is 19.2. The summed E-state index contributed by atoms with van der Waals surface area (Å²) < 4.78 is 33.6. The highest BCUT2D eigenvalue weighted by Crippen LogP contribution is 2.41. The molecular formula is C20H24N2O4S. The monoisotopic (exact) mass is 388 g/mol. The van der Waals surface area contributed by atoms with Gasteiger partial charge in [0.15, 0.2) is 0 Å². The Morgan fingerprint density at radius 1 is 1.19 bits per heavy atom. The maximum absolute atomic E-state index is 12.8. The maximum Gasteiger partial charge on any atom is 0.261 e. The number of benzene rings is 2. The Balaban J connectivity index is 1.91. The van der Waals surface area contributed by atoms with E-state index in [1.807, 2.05) is 20.8 Å². The minimum absolute atomic E-state index is 0.0510. The lowest BCUT2D eigenvalue weighted by molar-refractivity contribution is -0.116. The molecule has 27 heavy (non-hydrogen) atoms. The Kier molecular flexibility index (Phi) is 4.90. The van der Waals surface area contributed by atoms with Gasteiger partial charge < -0.3 is 9.64 Å². The standard InChI is InChI=1S/C20H24N2O4S/c1-5-26-16-8-6-15(7-9-16)21-27(24,25)17-10-11-19-18(12-17)20(3,4)13-22(19)14(2)23/h6-12,21H,5,13H2,1-4H3. The lowest BCUT2D eigenvalue weighted by atomic mass is 9.87. The average molecular weight is 388 g/mol. The van der Waals surface area contributed by atoms with Gasteiger partial charge in [-0.2, -0.15) is 0 Å². The van der Waals surface area contributed by atoms with Crippen LogP contribution in [0.4, 0.5) is 11.4 Å². The van der Waals surface area contributed by atoms with Crippen LogP contribution in [0.3, 0.4) is 0 Å². The Hall–Kier alpha value is -2.54. The minimum atomic E-state index is -3.74. The molecule has 0 fully saturated rings.